The fraction of sp³-hybridized carbons (Fsp3) is 0.161. The van der Waals surface area contributed by atoms with Gasteiger partial charge in [0.2, 0.25) is 0 Å². The Labute approximate surface area is 210 Å². The average molecular weight is 474 g/mol. The first kappa shape index (κ1) is 22.1. The van der Waals surface area contributed by atoms with Crippen LogP contribution in [0.15, 0.2) is 102 Å². The molecule has 36 heavy (non-hydrogen) atoms. The Hall–Kier alpha value is -4.38. The maximum Gasteiger partial charge on any atom is 0.275 e. The monoisotopic (exact) mass is 473 g/mol. The summed E-state index contributed by atoms with van der Waals surface area (Å²) in [6.07, 6.45) is 5.64. The van der Waals surface area contributed by atoms with Crippen LogP contribution in [0, 0.1) is 5.92 Å². The minimum Gasteiger partial charge on any atom is -0.507 e. The highest BCUT2D eigenvalue weighted by Gasteiger charge is 2.37. The van der Waals surface area contributed by atoms with Crippen molar-refractivity contribution >= 4 is 28.1 Å². The number of carbonyl (C=O) groups is 1. The molecule has 1 aliphatic heterocycles. The molecule has 4 aromatic rings. The summed E-state index contributed by atoms with van der Waals surface area (Å²) in [7, 11) is 0. The Kier molecular flexibility index (Phi) is 5.53. The van der Waals surface area contributed by atoms with E-state index < -0.39 is 5.91 Å². The van der Waals surface area contributed by atoms with Crippen molar-refractivity contribution in [3.05, 3.63) is 119 Å². The first-order valence-electron chi connectivity index (χ1n) is 12.3. The van der Waals surface area contributed by atoms with Crippen molar-refractivity contribution < 1.29 is 9.90 Å². The molecule has 0 saturated heterocycles. The van der Waals surface area contributed by atoms with E-state index >= 15 is 0 Å². The van der Waals surface area contributed by atoms with E-state index in [-0.39, 0.29) is 17.4 Å². The van der Waals surface area contributed by atoms with Gasteiger partial charge in [-0.3, -0.25) is 4.79 Å². The molecule has 3 N–H and O–H groups in total. The highest BCUT2D eigenvalue weighted by molar-refractivity contribution is 6.04. The number of amides is 1. The molecule has 1 aliphatic carbocycles. The van der Waals surface area contributed by atoms with Crippen molar-refractivity contribution in [3.63, 3.8) is 0 Å². The van der Waals surface area contributed by atoms with Gasteiger partial charge in [0, 0.05) is 11.6 Å². The number of nitrogens with zero attached hydrogens (tertiary/aromatic N) is 1. The summed E-state index contributed by atoms with van der Waals surface area (Å²) in [5.74, 6) is 0.291. The number of aromatic hydroxyl groups is 1. The highest BCUT2D eigenvalue weighted by Crippen LogP contribution is 2.49. The quantitative estimate of drug-likeness (QED) is 0.179. The molecule has 5 nitrogen and oxygen atoms in total. The highest BCUT2D eigenvalue weighted by atomic mass is 16.3. The topological polar surface area (TPSA) is 73.7 Å². The van der Waals surface area contributed by atoms with Gasteiger partial charge in [0.05, 0.1) is 17.3 Å². The SMILES string of the molecule is C/C(=N/NC(=O)c1cc2ccccc2cc1O)c1ccc2c(c1)[C@@H]1C=CC[C@@H]1[C@H](c1ccccc1)N2. The summed E-state index contributed by atoms with van der Waals surface area (Å²) in [4.78, 5) is 12.8. The lowest BCUT2D eigenvalue weighted by Crippen LogP contribution is -2.29. The van der Waals surface area contributed by atoms with Crippen molar-refractivity contribution in [1.82, 2.24) is 5.43 Å². The van der Waals surface area contributed by atoms with Crippen molar-refractivity contribution in [3.8, 4) is 5.75 Å². The number of hydrazone groups is 1. The Morgan fingerprint density at radius 3 is 2.53 bits per heavy atom. The molecule has 1 amide bonds. The standard InChI is InChI=1S/C31H27N3O2/c1-19(33-34-31(36)27-17-22-10-5-6-11-23(22)18-29(27)35)21-14-15-28-26(16-21)24-12-7-13-25(24)30(32-28)20-8-3-2-4-9-20/h2-12,14-18,24-25,30,32,35H,13H2,1H3,(H,34,36)/b33-19-/t24-,25+,30+/m1/s1. The summed E-state index contributed by atoms with van der Waals surface area (Å²) < 4.78 is 0. The average Bonchev–Trinajstić information content (AvgIpc) is 3.41. The van der Waals surface area contributed by atoms with Crippen molar-refractivity contribution in [2.45, 2.75) is 25.3 Å². The summed E-state index contributed by atoms with van der Waals surface area (Å²) in [5.41, 5.74) is 8.18. The number of fused-ring (bicyclic) bond motifs is 4. The Morgan fingerprint density at radius 1 is 0.972 bits per heavy atom. The molecule has 0 spiro atoms. The van der Waals surface area contributed by atoms with Crippen LogP contribution in [0.3, 0.4) is 0 Å². The number of phenols is 1. The lowest BCUT2D eigenvalue weighted by Gasteiger charge is -2.37. The molecule has 178 valence electrons. The first-order chi connectivity index (χ1) is 17.6. The van der Waals surface area contributed by atoms with Crippen LogP contribution in [0.4, 0.5) is 5.69 Å². The van der Waals surface area contributed by atoms with E-state index in [2.05, 4.69) is 70.5 Å². The maximum atomic E-state index is 12.8. The number of hydrogen-bond donors (Lipinski definition) is 3. The van der Waals surface area contributed by atoms with Crippen molar-refractivity contribution in [2.75, 3.05) is 5.32 Å². The molecule has 1 heterocycles. The van der Waals surface area contributed by atoms with E-state index in [9.17, 15) is 9.90 Å². The number of hydrogen-bond acceptors (Lipinski definition) is 4. The molecular weight excluding hydrogens is 446 g/mol. The van der Waals surface area contributed by atoms with E-state index in [4.69, 9.17) is 0 Å². The third kappa shape index (κ3) is 3.93. The van der Waals surface area contributed by atoms with Gasteiger partial charge in [-0.1, -0.05) is 72.8 Å². The normalized spacial score (nSPS) is 20.5. The summed E-state index contributed by atoms with van der Waals surface area (Å²) >= 11 is 0. The van der Waals surface area contributed by atoms with Crippen molar-refractivity contribution in [1.29, 1.82) is 0 Å². The maximum absolute atomic E-state index is 12.8. The summed E-state index contributed by atoms with van der Waals surface area (Å²) in [6, 6.07) is 28.1. The van der Waals surface area contributed by atoms with Gasteiger partial charge in [0.1, 0.15) is 5.75 Å². The van der Waals surface area contributed by atoms with Gasteiger partial charge < -0.3 is 10.4 Å². The molecule has 0 bridgehead atoms. The molecule has 6 rings (SSSR count). The molecule has 2 aliphatic rings. The molecule has 3 atom stereocenters. The molecule has 4 aromatic carbocycles. The molecule has 0 fully saturated rings. The van der Waals surface area contributed by atoms with Gasteiger partial charge in [0.25, 0.3) is 5.91 Å². The molecule has 0 saturated carbocycles. The largest absolute Gasteiger partial charge is 0.507 e. The zero-order valence-corrected chi connectivity index (χ0v) is 20.0. The minimum absolute atomic E-state index is 0.0639. The van der Waals surface area contributed by atoms with Crippen LogP contribution in [0.25, 0.3) is 10.8 Å². The zero-order valence-electron chi connectivity index (χ0n) is 20.0. The van der Waals surface area contributed by atoms with E-state index in [0.717, 1.165) is 28.4 Å². The van der Waals surface area contributed by atoms with Crippen LogP contribution < -0.4 is 10.7 Å². The van der Waals surface area contributed by atoms with Gasteiger partial charge in [-0.25, -0.2) is 5.43 Å². The number of phenolic OH excluding ortho intramolecular Hbond substituents is 1. The van der Waals surface area contributed by atoms with Crippen LogP contribution in [-0.2, 0) is 0 Å². The van der Waals surface area contributed by atoms with E-state index in [1.54, 1.807) is 12.1 Å². The first-order valence-corrected chi connectivity index (χ1v) is 12.3. The van der Waals surface area contributed by atoms with Gasteiger partial charge in [-0.15, -0.1) is 0 Å². The second kappa shape index (κ2) is 9.00. The number of nitrogens with one attached hydrogen (secondary N) is 2. The molecule has 0 unspecified atom stereocenters. The predicted molar refractivity (Wildman–Crippen MR) is 145 cm³/mol. The predicted octanol–water partition coefficient (Wildman–Crippen LogP) is 6.53. The third-order valence-corrected chi connectivity index (χ3v) is 7.37. The summed E-state index contributed by atoms with van der Waals surface area (Å²) in [6.45, 7) is 1.88. The van der Waals surface area contributed by atoms with Crippen LogP contribution in [0.2, 0.25) is 0 Å². The number of rotatable bonds is 4. The Balaban J connectivity index is 1.25. The zero-order chi connectivity index (χ0) is 24.6. The van der Waals surface area contributed by atoms with Gasteiger partial charge in [0.15, 0.2) is 0 Å². The number of benzene rings is 4. The fourth-order valence-electron chi connectivity index (χ4n) is 5.48. The Bertz CT molecular complexity index is 1520. The molecule has 5 heteroatoms. The van der Waals surface area contributed by atoms with Crippen LogP contribution in [0.1, 0.15) is 52.4 Å². The van der Waals surface area contributed by atoms with Crippen LogP contribution in [0.5, 0.6) is 5.75 Å². The lowest BCUT2D eigenvalue weighted by molar-refractivity contribution is 0.0952. The van der Waals surface area contributed by atoms with E-state index in [0.29, 0.717) is 17.5 Å². The van der Waals surface area contributed by atoms with Crippen molar-refractivity contribution in [2.24, 2.45) is 11.0 Å². The molecule has 0 radical (unpaired) electrons. The third-order valence-electron chi connectivity index (χ3n) is 7.37. The molecular formula is C31H27N3O2. The smallest absolute Gasteiger partial charge is 0.275 e. The minimum atomic E-state index is -0.443. The van der Waals surface area contributed by atoms with E-state index in [1.807, 2.05) is 37.3 Å². The van der Waals surface area contributed by atoms with Crippen LogP contribution >= 0.6 is 0 Å². The number of carbonyl (C=O) groups excluding carboxylic acids is 1. The Morgan fingerprint density at radius 2 is 1.72 bits per heavy atom. The van der Waals surface area contributed by atoms with Gasteiger partial charge in [-0.05, 0) is 71.0 Å². The molecule has 0 aromatic heterocycles. The fourth-order valence-corrected chi connectivity index (χ4v) is 5.48. The lowest BCUT2D eigenvalue weighted by atomic mass is 9.76. The number of anilines is 1. The van der Waals surface area contributed by atoms with Crippen LogP contribution in [-0.4, -0.2) is 16.7 Å². The second-order valence-electron chi connectivity index (χ2n) is 9.54. The summed E-state index contributed by atoms with van der Waals surface area (Å²) in [5, 5.41) is 20.2. The van der Waals surface area contributed by atoms with Gasteiger partial charge in [-0.2, -0.15) is 5.10 Å². The number of allylic oxidation sites excluding steroid dienone is 2. The second-order valence-corrected chi connectivity index (χ2v) is 9.54. The van der Waals surface area contributed by atoms with Gasteiger partial charge >= 0.3 is 0 Å². The van der Waals surface area contributed by atoms with E-state index in [1.165, 1.54) is 11.1 Å².